The number of halogens is 1. The number of nitrogens with one attached hydrogen (secondary N) is 2. The van der Waals surface area contributed by atoms with Gasteiger partial charge in [0.25, 0.3) is 5.91 Å². The van der Waals surface area contributed by atoms with Gasteiger partial charge in [-0.3, -0.25) is 14.6 Å². The van der Waals surface area contributed by atoms with E-state index >= 15 is 0 Å². The number of pyridine rings is 1. The van der Waals surface area contributed by atoms with Gasteiger partial charge in [0, 0.05) is 28.3 Å². The molecule has 0 radical (unpaired) electrons. The minimum absolute atomic E-state index is 0.132. The molecule has 0 saturated heterocycles. The SMILES string of the molecule is CC(=O)Nc1ccc(NC(=O)c2ccc(-c3cccc(Br)c3)nc2C)cc1C. The Balaban J connectivity index is 1.79. The molecule has 3 rings (SSSR count). The lowest BCUT2D eigenvalue weighted by Gasteiger charge is -2.12. The lowest BCUT2D eigenvalue weighted by atomic mass is 10.1. The molecule has 1 heterocycles. The van der Waals surface area contributed by atoms with Crippen molar-refractivity contribution in [3.05, 3.63) is 75.9 Å². The van der Waals surface area contributed by atoms with Crippen LogP contribution in [0.3, 0.4) is 0 Å². The van der Waals surface area contributed by atoms with Crippen molar-refractivity contribution in [3.8, 4) is 11.3 Å². The quantitative estimate of drug-likeness (QED) is 0.578. The number of amides is 2. The third kappa shape index (κ3) is 4.64. The van der Waals surface area contributed by atoms with E-state index in [9.17, 15) is 9.59 Å². The molecule has 2 aromatic carbocycles. The predicted molar refractivity (Wildman–Crippen MR) is 116 cm³/mol. The first-order valence-electron chi connectivity index (χ1n) is 8.76. The molecule has 0 atom stereocenters. The molecular weight excluding hydrogens is 418 g/mol. The second-order valence-corrected chi connectivity index (χ2v) is 7.42. The third-order valence-electron chi connectivity index (χ3n) is 4.25. The Morgan fingerprint density at radius 1 is 0.964 bits per heavy atom. The van der Waals surface area contributed by atoms with Crippen LogP contribution in [-0.4, -0.2) is 16.8 Å². The summed E-state index contributed by atoms with van der Waals surface area (Å²) in [5.41, 5.74) is 5.21. The number of nitrogens with zero attached hydrogens (tertiary/aromatic N) is 1. The molecule has 1 aromatic heterocycles. The monoisotopic (exact) mass is 437 g/mol. The number of benzene rings is 2. The summed E-state index contributed by atoms with van der Waals surface area (Å²) in [6.45, 7) is 5.16. The van der Waals surface area contributed by atoms with Gasteiger partial charge in [0.1, 0.15) is 0 Å². The van der Waals surface area contributed by atoms with Gasteiger partial charge in [0.2, 0.25) is 5.91 Å². The van der Waals surface area contributed by atoms with Crippen LogP contribution in [0.4, 0.5) is 11.4 Å². The number of anilines is 2. The zero-order valence-electron chi connectivity index (χ0n) is 15.8. The Bertz CT molecular complexity index is 1060. The summed E-state index contributed by atoms with van der Waals surface area (Å²) < 4.78 is 0.976. The van der Waals surface area contributed by atoms with Crippen molar-refractivity contribution in [1.82, 2.24) is 4.98 Å². The first kappa shape index (κ1) is 19.8. The second-order valence-electron chi connectivity index (χ2n) is 6.50. The molecule has 0 bridgehead atoms. The molecule has 6 heteroatoms. The average Bonchev–Trinajstić information content (AvgIpc) is 2.63. The highest BCUT2D eigenvalue weighted by Gasteiger charge is 2.13. The van der Waals surface area contributed by atoms with E-state index in [1.165, 1.54) is 6.92 Å². The fourth-order valence-electron chi connectivity index (χ4n) is 2.88. The van der Waals surface area contributed by atoms with Gasteiger partial charge in [-0.1, -0.05) is 28.1 Å². The minimum Gasteiger partial charge on any atom is -0.326 e. The van der Waals surface area contributed by atoms with Gasteiger partial charge in [-0.05, 0) is 61.9 Å². The summed E-state index contributed by atoms with van der Waals surface area (Å²) in [6, 6.07) is 16.8. The van der Waals surface area contributed by atoms with Gasteiger partial charge in [-0.15, -0.1) is 0 Å². The second kappa shape index (κ2) is 8.35. The number of carbonyl (C=O) groups is 2. The Hall–Kier alpha value is -2.99. The summed E-state index contributed by atoms with van der Waals surface area (Å²) in [6.07, 6.45) is 0. The van der Waals surface area contributed by atoms with E-state index in [1.54, 1.807) is 18.2 Å². The van der Waals surface area contributed by atoms with E-state index in [0.717, 1.165) is 27.0 Å². The van der Waals surface area contributed by atoms with Crippen molar-refractivity contribution < 1.29 is 9.59 Å². The largest absolute Gasteiger partial charge is 0.326 e. The van der Waals surface area contributed by atoms with Crippen LogP contribution in [0.1, 0.15) is 28.5 Å². The molecule has 0 aliphatic rings. The van der Waals surface area contributed by atoms with E-state index in [2.05, 4.69) is 31.5 Å². The smallest absolute Gasteiger partial charge is 0.257 e. The van der Waals surface area contributed by atoms with Gasteiger partial charge in [0.15, 0.2) is 0 Å². The summed E-state index contributed by atoms with van der Waals surface area (Å²) in [5.74, 6) is -0.357. The Morgan fingerprint density at radius 3 is 2.39 bits per heavy atom. The zero-order chi connectivity index (χ0) is 20.3. The Kier molecular flexibility index (Phi) is 5.90. The van der Waals surface area contributed by atoms with Crippen LogP contribution in [0.25, 0.3) is 11.3 Å². The normalized spacial score (nSPS) is 10.4. The van der Waals surface area contributed by atoms with Crippen molar-refractivity contribution in [2.24, 2.45) is 0 Å². The van der Waals surface area contributed by atoms with Gasteiger partial charge in [0.05, 0.1) is 17.0 Å². The zero-order valence-corrected chi connectivity index (χ0v) is 17.4. The molecular formula is C22H20BrN3O2. The summed E-state index contributed by atoms with van der Waals surface area (Å²) >= 11 is 3.46. The number of aromatic nitrogens is 1. The predicted octanol–water partition coefficient (Wildman–Crippen LogP) is 5.34. The van der Waals surface area contributed by atoms with Crippen LogP contribution in [0.5, 0.6) is 0 Å². The Labute approximate surface area is 172 Å². The first-order chi connectivity index (χ1) is 13.3. The minimum atomic E-state index is -0.225. The number of carbonyl (C=O) groups excluding carboxylic acids is 2. The first-order valence-corrected chi connectivity index (χ1v) is 9.56. The van der Waals surface area contributed by atoms with Gasteiger partial charge in [-0.2, -0.15) is 0 Å². The highest BCUT2D eigenvalue weighted by Crippen LogP contribution is 2.24. The molecule has 2 amide bonds. The maximum atomic E-state index is 12.7. The molecule has 2 N–H and O–H groups in total. The average molecular weight is 438 g/mol. The van der Waals surface area contributed by atoms with E-state index in [-0.39, 0.29) is 11.8 Å². The number of aryl methyl sites for hydroxylation is 2. The highest BCUT2D eigenvalue weighted by atomic mass is 79.9. The molecule has 0 saturated carbocycles. The molecule has 5 nitrogen and oxygen atoms in total. The van der Waals surface area contributed by atoms with Crippen LogP contribution in [0.15, 0.2) is 59.1 Å². The summed E-state index contributed by atoms with van der Waals surface area (Å²) in [4.78, 5) is 28.5. The van der Waals surface area contributed by atoms with Gasteiger partial charge < -0.3 is 10.6 Å². The fraction of sp³-hybridized carbons (Fsp3) is 0.136. The van der Waals surface area contributed by atoms with Crippen LogP contribution in [0.2, 0.25) is 0 Å². The molecule has 0 aliphatic heterocycles. The molecule has 0 spiro atoms. The molecule has 142 valence electrons. The highest BCUT2D eigenvalue weighted by molar-refractivity contribution is 9.10. The van der Waals surface area contributed by atoms with E-state index < -0.39 is 0 Å². The van der Waals surface area contributed by atoms with Crippen molar-refractivity contribution in [3.63, 3.8) is 0 Å². The maximum absolute atomic E-state index is 12.7. The number of hydrogen-bond donors (Lipinski definition) is 2. The third-order valence-corrected chi connectivity index (χ3v) is 4.74. The summed E-state index contributed by atoms with van der Waals surface area (Å²) in [5, 5.41) is 5.64. The standard InChI is InChI=1S/C22H20BrN3O2/c1-13-11-18(7-9-20(13)25-15(3)27)26-22(28)19-8-10-21(24-14(19)2)16-5-4-6-17(23)12-16/h4-12H,1-3H3,(H,25,27)(H,26,28). The van der Waals surface area contributed by atoms with Crippen LogP contribution in [0, 0.1) is 13.8 Å². The van der Waals surface area contributed by atoms with Crippen molar-refractivity contribution >= 4 is 39.1 Å². The molecule has 0 aliphatic carbocycles. The van der Waals surface area contributed by atoms with Crippen LogP contribution >= 0.6 is 15.9 Å². The van der Waals surface area contributed by atoms with Gasteiger partial charge >= 0.3 is 0 Å². The summed E-state index contributed by atoms with van der Waals surface area (Å²) in [7, 11) is 0. The molecule has 0 unspecified atom stereocenters. The van der Waals surface area contributed by atoms with E-state index in [1.807, 2.05) is 50.2 Å². The molecule has 0 fully saturated rings. The molecule has 28 heavy (non-hydrogen) atoms. The fourth-order valence-corrected chi connectivity index (χ4v) is 3.28. The van der Waals surface area contributed by atoms with Crippen molar-refractivity contribution in [1.29, 1.82) is 0 Å². The van der Waals surface area contributed by atoms with Gasteiger partial charge in [-0.25, -0.2) is 0 Å². The maximum Gasteiger partial charge on any atom is 0.257 e. The van der Waals surface area contributed by atoms with E-state index in [4.69, 9.17) is 0 Å². The molecule has 3 aromatic rings. The van der Waals surface area contributed by atoms with Crippen LogP contribution in [-0.2, 0) is 4.79 Å². The lowest BCUT2D eigenvalue weighted by Crippen LogP contribution is -2.15. The van der Waals surface area contributed by atoms with Crippen molar-refractivity contribution in [2.75, 3.05) is 10.6 Å². The topological polar surface area (TPSA) is 71.1 Å². The Morgan fingerprint density at radius 2 is 1.75 bits per heavy atom. The lowest BCUT2D eigenvalue weighted by molar-refractivity contribution is -0.114. The van der Waals surface area contributed by atoms with Crippen molar-refractivity contribution in [2.45, 2.75) is 20.8 Å². The number of hydrogen-bond acceptors (Lipinski definition) is 3. The number of rotatable bonds is 4. The van der Waals surface area contributed by atoms with Crippen LogP contribution < -0.4 is 10.6 Å². The van der Waals surface area contributed by atoms with E-state index in [0.29, 0.717) is 16.9 Å².